The monoisotopic (exact) mass is 214 g/mol. The average molecular weight is 214 g/mol. The Bertz CT molecular complexity index is 140. The van der Waals surface area contributed by atoms with Crippen molar-refractivity contribution in [3.05, 3.63) is 12.4 Å². The first-order valence-corrected chi connectivity index (χ1v) is 2.02. The zero-order valence-electron chi connectivity index (χ0n) is 5.60. The van der Waals surface area contributed by atoms with Crippen molar-refractivity contribution in [3.8, 4) is 0 Å². The van der Waals surface area contributed by atoms with Gasteiger partial charge < -0.3 is 15.0 Å². The van der Waals surface area contributed by atoms with Crippen LogP contribution in [0.5, 0.6) is 0 Å². The predicted octanol–water partition coefficient (Wildman–Crippen LogP) is -0.796. The molecule has 0 aliphatic heterocycles. The first kappa shape index (κ1) is 17.9. The van der Waals surface area contributed by atoms with Gasteiger partial charge in [0.25, 0.3) is 0 Å². The molecule has 0 N–H and O–H groups in total. The topological polar surface area (TPSA) is 63.2 Å². The van der Waals surface area contributed by atoms with Crippen LogP contribution >= 0.6 is 0 Å². The molecule has 0 atom stereocenters. The van der Waals surface area contributed by atoms with E-state index in [1.807, 2.05) is 0 Å². The Labute approximate surface area is 94.7 Å². The van der Waals surface area contributed by atoms with E-state index in [9.17, 15) is 17.6 Å². The number of alkyl halides is 3. The molecule has 0 saturated heterocycles. The van der Waals surface area contributed by atoms with E-state index in [-0.39, 0.29) is 37.7 Å². The normalized spacial score (nSPS) is 9.67. The number of rotatable bonds is 0. The van der Waals surface area contributed by atoms with Crippen LogP contribution in [0.25, 0.3) is 0 Å². The van der Waals surface area contributed by atoms with E-state index in [0.717, 1.165) is 0 Å². The van der Waals surface area contributed by atoms with E-state index < -0.39 is 24.7 Å². The number of carbonyl (C=O) groups is 1. The van der Waals surface area contributed by atoms with Crippen LogP contribution in [-0.4, -0.2) is 50.1 Å². The van der Waals surface area contributed by atoms with Gasteiger partial charge in [0, 0.05) is 6.08 Å². The summed E-state index contributed by atoms with van der Waals surface area (Å²) in [7, 11) is 0. The van der Waals surface area contributed by atoms with Gasteiger partial charge in [-0.3, -0.25) is 0 Å². The quantitative estimate of drug-likeness (QED) is 0.392. The maximum absolute atomic E-state index is 10.7. The molecular formula is C4H2CaF4O3. The van der Waals surface area contributed by atoms with Gasteiger partial charge in [-0.25, -0.2) is 4.39 Å². The van der Waals surface area contributed by atoms with Crippen molar-refractivity contribution in [2.45, 2.75) is 6.18 Å². The van der Waals surface area contributed by atoms with E-state index in [1.165, 1.54) is 0 Å². The zero-order chi connectivity index (χ0) is 9.49. The van der Waals surface area contributed by atoms with Crippen LogP contribution in [0.1, 0.15) is 0 Å². The molecule has 0 aromatic carbocycles. The molecule has 3 nitrogen and oxygen atoms in total. The van der Waals surface area contributed by atoms with Crippen molar-refractivity contribution in [2.75, 3.05) is 0 Å². The molecule has 0 aromatic heterocycles. The summed E-state index contributed by atoms with van der Waals surface area (Å²) in [5.41, 5.74) is 0. The molecule has 0 spiro atoms. The van der Waals surface area contributed by atoms with Gasteiger partial charge in [0.15, 0.2) is 0 Å². The Hall–Kier alpha value is -0.0103. The fourth-order valence-electron chi connectivity index (χ4n) is 0.0714. The number of halogens is 4. The second-order valence-corrected chi connectivity index (χ2v) is 1.08. The molecule has 0 saturated carbocycles. The largest absolute Gasteiger partial charge is 2.00 e. The molecule has 0 radical (unpaired) electrons. The van der Waals surface area contributed by atoms with Gasteiger partial charge in [-0.2, -0.15) is 13.2 Å². The summed E-state index contributed by atoms with van der Waals surface area (Å²) in [5.74, 6) is 0. The summed E-state index contributed by atoms with van der Waals surface area (Å²) in [6, 6.07) is 0. The van der Waals surface area contributed by atoms with Crippen LogP contribution < -0.4 is 10.2 Å². The minimum Gasteiger partial charge on any atom is -0.652 e. The number of hydrogen-bond acceptors (Lipinski definition) is 3. The van der Waals surface area contributed by atoms with Crippen molar-refractivity contribution in [1.82, 2.24) is 0 Å². The molecule has 12 heavy (non-hydrogen) atoms. The SMILES string of the molecule is FC=CC(F)(F)F.O=C([O-])[O-].[Ca+2]. The molecular weight excluding hydrogens is 212 g/mol. The fourth-order valence-corrected chi connectivity index (χ4v) is 0.0714. The van der Waals surface area contributed by atoms with Crippen LogP contribution in [0, 0.1) is 0 Å². The Morgan fingerprint density at radius 3 is 1.50 bits per heavy atom. The van der Waals surface area contributed by atoms with Crippen LogP contribution in [0.4, 0.5) is 22.4 Å². The first-order chi connectivity index (χ1) is 4.79. The number of carboxylic acid groups (broad SMARTS) is 2. The van der Waals surface area contributed by atoms with Crippen LogP contribution in [0.2, 0.25) is 0 Å². The smallest absolute Gasteiger partial charge is 0.652 e. The first-order valence-electron chi connectivity index (χ1n) is 2.02. The van der Waals surface area contributed by atoms with Crippen molar-refractivity contribution in [3.63, 3.8) is 0 Å². The number of allylic oxidation sites excluding steroid dienone is 1. The standard InChI is InChI=1S/C3H2F4.CH2O3.Ca/c4-2-1-3(5,6)7;2-1(3)4;/h1-2H;(H2,2,3,4);/q;;+2/p-2. The van der Waals surface area contributed by atoms with Gasteiger partial charge in [0.1, 0.15) is 0 Å². The van der Waals surface area contributed by atoms with Crippen molar-refractivity contribution < 1.29 is 32.6 Å². The summed E-state index contributed by atoms with van der Waals surface area (Å²) in [6.07, 6.45) is -7.86. The fraction of sp³-hybridized carbons (Fsp3) is 0.250. The van der Waals surface area contributed by atoms with Crippen molar-refractivity contribution in [2.24, 2.45) is 0 Å². The van der Waals surface area contributed by atoms with Gasteiger partial charge in [0.05, 0.1) is 6.33 Å². The summed E-state index contributed by atoms with van der Waals surface area (Å²) in [6.45, 7) is 0. The third-order valence-electron chi connectivity index (χ3n) is 0.252. The zero-order valence-corrected chi connectivity index (χ0v) is 7.81. The van der Waals surface area contributed by atoms with Crippen LogP contribution in [-0.2, 0) is 0 Å². The number of carbonyl (C=O) groups excluding carboxylic acids is 1. The van der Waals surface area contributed by atoms with E-state index in [2.05, 4.69) is 0 Å². The minimum atomic E-state index is -4.51. The van der Waals surface area contributed by atoms with Gasteiger partial charge >= 0.3 is 43.9 Å². The third-order valence-corrected chi connectivity index (χ3v) is 0.252. The van der Waals surface area contributed by atoms with Crippen LogP contribution in [0.3, 0.4) is 0 Å². The third kappa shape index (κ3) is 50.7. The second-order valence-electron chi connectivity index (χ2n) is 1.08. The molecule has 0 rings (SSSR count). The Kier molecular flexibility index (Phi) is 13.6. The van der Waals surface area contributed by atoms with E-state index in [0.29, 0.717) is 0 Å². The van der Waals surface area contributed by atoms with Gasteiger partial charge in [-0.1, -0.05) is 0 Å². The Morgan fingerprint density at radius 1 is 1.25 bits per heavy atom. The molecule has 66 valence electrons. The Morgan fingerprint density at radius 2 is 1.50 bits per heavy atom. The molecule has 0 bridgehead atoms. The number of hydrogen-bond donors (Lipinski definition) is 0. The van der Waals surface area contributed by atoms with E-state index in [4.69, 9.17) is 15.0 Å². The summed E-state index contributed by atoms with van der Waals surface area (Å²) in [5, 5.41) is 16.7. The summed E-state index contributed by atoms with van der Waals surface area (Å²) in [4.78, 5) is 8.33. The maximum atomic E-state index is 10.7. The molecule has 0 amide bonds. The second kappa shape index (κ2) is 9.08. The summed E-state index contributed by atoms with van der Waals surface area (Å²) >= 11 is 0. The molecule has 8 heteroatoms. The minimum absolute atomic E-state index is 0. The molecule has 0 aromatic rings. The van der Waals surface area contributed by atoms with E-state index >= 15 is 0 Å². The maximum Gasteiger partial charge on any atom is 2.00 e. The molecule has 0 fully saturated rings. The predicted molar refractivity (Wildman–Crippen MR) is 27.5 cm³/mol. The molecule has 0 heterocycles. The Balaban J connectivity index is -0.000000142. The van der Waals surface area contributed by atoms with Gasteiger partial charge in [-0.05, 0) is 6.16 Å². The van der Waals surface area contributed by atoms with Gasteiger partial charge in [0.2, 0.25) is 0 Å². The summed E-state index contributed by atoms with van der Waals surface area (Å²) < 4.78 is 42.8. The van der Waals surface area contributed by atoms with Crippen molar-refractivity contribution >= 4 is 43.9 Å². The van der Waals surface area contributed by atoms with Gasteiger partial charge in [-0.15, -0.1) is 0 Å². The average Bonchev–Trinajstić information content (AvgIpc) is 1.58. The van der Waals surface area contributed by atoms with Crippen LogP contribution in [0.15, 0.2) is 12.4 Å². The van der Waals surface area contributed by atoms with Crippen molar-refractivity contribution in [1.29, 1.82) is 0 Å². The van der Waals surface area contributed by atoms with E-state index in [1.54, 1.807) is 0 Å². The molecule has 0 unspecified atom stereocenters. The molecule has 0 aliphatic rings. The molecule has 0 aliphatic carbocycles.